The van der Waals surface area contributed by atoms with Crippen LogP contribution in [0.5, 0.6) is 0 Å². The maximum atomic E-state index is 5.99. The van der Waals surface area contributed by atoms with E-state index in [1.165, 1.54) is 11.3 Å². The molecule has 0 amide bonds. The van der Waals surface area contributed by atoms with Gasteiger partial charge in [0.2, 0.25) is 5.28 Å². The second kappa shape index (κ2) is 3.93. The molecule has 5 nitrogen and oxygen atoms in total. The highest BCUT2D eigenvalue weighted by Gasteiger charge is 2.23. The summed E-state index contributed by atoms with van der Waals surface area (Å²) in [5.41, 5.74) is 3.17. The van der Waals surface area contributed by atoms with E-state index in [-0.39, 0.29) is 5.28 Å². The van der Waals surface area contributed by atoms with Gasteiger partial charge in [0.05, 0.1) is 11.6 Å². The number of benzene rings is 1. The van der Waals surface area contributed by atoms with Crippen LogP contribution in [0, 0.1) is 0 Å². The van der Waals surface area contributed by atoms with Crippen molar-refractivity contribution in [3.63, 3.8) is 0 Å². The van der Waals surface area contributed by atoms with Crippen LogP contribution in [0.3, 0.4) is 0 Å². The molecule has 0 unspecified atom stereocenters. The Morgan fingerprint density at radius 3 is 3.05 bits per heavy atom. The summed E-state index contributed by atoms with van der Waals surface area (Å²) in [5, 5.41) is 7.98. The molecule has 3 heterocycles. The van der Waals surface area contributed by atoms with E-state index in [1.54, 1.807) is 6.20 Å². The van der Waals surface area contributed by atoms with E-state index in [9.17, 15) is 0 Å². The van der Waals surface area contributed by atoms with Gasteiger partial charge in [0, 0.05) is 12.2 Å². The Kier molecular flexibility index (Phi) is 2.22. The lowest BCUT2D eigenvalue weighted by Gasteiger charge is -2.18. The van der Waals surface area contributed by atoms with E-state index >= 15 is 0 Å². The van der Waals surface area contributed by atoms with Crippen molar-refractivity contribution in [3.8, 4) is 0 Å². The summed E-state index contributed by atoms with van der Waals surface area (Å²) in [4.78, 5) is 10.7. The maximum Gasteiger partial charge on any atom is 0.226 e. The molecule has 6 heteroatoms. The van der Waals surface area contributed by atoms with Crippen LogP contribution >= 0.6 is 11.6 Å². The van der Waals surface area contributed by atoms with Crippen LogP contribution in [0.15, 0.2) is 30.5 Å². The second-order valence-electron chi connectivity index (χ2n) is 4.48. The van der Waals surface area contributed by atoms with Gasteiger partial charge in [0.1, 0.15) is 5.82 Å². The minimum absolute atomic E-state index is 0.233. The van der Waals surface area contributed by atoms with Gasteiger partial charge in [-0.3, -0.25) is 5.10 Å². The Labute approximate surface area is 114 Å². The quantitative estimate of drug-likeness (QED) is 0.692. The summed E-state index contributed by atoms with van der Waals surface area (Å²) in [7, 11) is 0. The van der Waals surface area contributed by atoms with Gasteiger partial charge in [0.25, 0.3) is 0 Å². The van der Waals surface area contributed by atoms with Crippen molar-refractivity contribution in [1.29, 1.82) is 0 Å². The lowest BCUT2D eigenvalue weighted by molar-refractivity contribution is 0.974. The number of anilines is 2. The first-order valence-electron chi connectivity index (χ1n) is 6.05. The Morgan fingerprint density at radius 2 is 2.11 bits per heavy atom. The van der Waals surface area contributed by atoms with E-state index in [0.717, 1.165) is 24.2 Å². The molecule has 4 rings (SSSR count). The Morgan fingerprint density at radius 1 is 1.21 bits per heavy atom. The average Bonchev–Trinajstić information content (AvgIpc) is 3.03. The minimum atomic E-state index is 0.233. The van der Waals surface area contributed by atoms with Crippen molar-refractivity contribution in [1.82, 2.24) is 20.2 Å². The summed E-state index contributed by atoms with van der Waals surface area (Å²) >= 11 is 5.99. The van der Waals surface area contributed by atoms with E-state index < -0.39 is 0 Å². The molecule has 1 N–H and O–H groups in total. The van der Waals surface area contributed by atoms with Crippen LogP contribution in [-0.4, -0.2) is 26.7 Å². The third kappa shape index (κ3) is 1.58. The van der Waals surface area contributed by atoms with Crippen LogP contribution < -0.4 is 4.90 Å². The van der Waals surface area contributed by atoms with E-state index in [4.69, 9.17) is 11.6 Å². The molecule has 0 bridgehead atoms. The monoisotopic (exact) mass is 271 g/mol. The first kappa shape index (κ1) is 10.8. The summed E-state index contributed by atoms with van der Waals surface area (Å²) in [6.45, 7) is 0.896. The van der Waals surface area contributed by atoms with Gasteiger partial charge in [-0.05, 0) is 29.7 Å². The molecule has 0 spiro atoms. The zero-order valence-corrected chi connectivity index (χ0v) is 10.7. The number of H-pyrrole nitrogens is 1. The molecule has 2 aromatic heterocycles. The normalized spacial score (nSPS) is 14.1. The number of nitrogens with zero attached hydrogens (tertiary/aromatic N) is 4. The van der Waals surface area contributed by atoms with Gasteiger partial charge < -0.3 is 4.90 Å². The van der Waals surface area contributed by atoms with Crippen LogP contribution in [0.2, 0.25) is 5.28 Å². The zero-order chi connectivity index (χ0) is 12.8. The summed E-state index contributed by atoms with van der Waals surface area (Å²) in [6.07, 6.45) is 2.75. The first-order valence-corrected chi connectivity index (χ1v) is 6.43. The topological polar surface area (TPSA) is 57.7 Å². The van der Waals surface area contributed by atoms with Crippen molar-refractivity contribution in [3.05, 3.63) is 41.3 Å². The highest BCUT2D eigenvalue weighted by Crippen LogP contribution is 2.36. The lowest BCUT2D eigenvalue weighted by Crippen LogP contribution is -2.15. The predicted octanol–water partition coefficient (Wildman–Crippen LogP) is 2.70. The molecule has 94 valence electrons. The summed E-state index contributed by atoms with van der Waals surface area (Å²) in [5.74, 6) is 0.814. The first-order chi connectivity index (χ1) is 9.33. The van der Waals surface area contributed by atoms with Crippen LogP contribution in [0.1, 0.15) is 5.56 Å². The van der Waals surface area contributed by atoms with Gasteiger partial charge in [-0.2, -0.15) is 15.1 Å². The number of halogens is 1. The number of rotatable bonds is 1. The third-order valence-electron chi connectivity index (χ3n) is 3.41. The molecule has 0 fully saturated rings. The summed E-state index contributed by atoms with van der Waals surface area (Å²) < 4.78 is 0. The molecule has 3 aromatic rings. The molecule has 19 heavy (non-hydrogen) atoms. The van der Waals surface area contributed by atoms with Crippen LogP contribution in [0.25, 0.3) is 11.0 Å². The molecule has 0 atom stereocenters. The molecule has 0 aliphatic carbocycles. The van der Waals surface area contributed by atoms with Crippen molar-refractivity contribution in [2.75, 3.05) is 11.4 Å². The Hall–Kier alpha value is -2.14. The number of aromatic amines is 1. The molecule has 0 radical (unpaired) electrons. The highest BCUT2D eigenvalue weighted by molar-refractivity contribution is 6.28. The fourth-order valence-corrected chi connectivity index (χ4v) is 2.72. The van der Waals surface area contributed by atoms with Crippen molar-refractivity contribution in [2.45, 2.75) is 6.42 Å². The molecular weight excluding hydrogens is 262 g/mol. The predicted molar refractivity (Wildman–Crippen MR) is 73.8 cm³/mol. The van der Waals surface area contributed by atoms with E-state index in [2.05, 4.69) is 43.3 Å². The number of fused-ring (bicyclic) bond motifs is 2. The molecule has 0 saturated heterocycles. The van der Waals surface area contributed by atoms with E-state index in [1.807, 2.05) is 6.07 Å². The second-order valence-corrected chi connectivity index (χ2v) is 4.82. The zero-order valence-electron chi connectivity index (χ0n) is 9.97. The van der Waals surface area contributed by atoms with Gasteiger partial charge >= 0.3 is 0 Å². The van der Waals surface area contributed by atoms with Gasteiger partial charge in [0.15, 0.2) is 5.65 Å². The number of hydrogen-bond donors (Lipinski definition) is 1. The van der Waals surface area contributed by atoms with Crippen molar-refractivity contribution in [2.24, 2.45) is 0 Å². The maximum absolute atomic E-state index is 5.99. The SMILES string of the molecule is Clc1nc(N2CCc3ccccc32)c2cn[nH]c2n1. The van der Waals surface area contributed by atoms with Gasteiger partial charge in [-0.1, -0.05) is 18.2 Å². The van der Waals surface area contributed by atoms with Crippen LogP contribution in [0.4, 0.5) is 11.5 Å². The van der Waals surface area contributed by atoms with Crippen molar-refractivity contribution >= 4 is 34.1 Å². The van der Waals surface area contributed by atoms with E-state index in [0.29, 0.717) is 5.65 Å². The molecule has 1 aliphatic heterocycles. The minimum Gasteiger partial charge on any atom is -0.325 e. The number of para-hydroxylation sites is 1. The largest absolute Gasteiger partial charge is 0.325 e. The van der Waals surface area contributed by atoms with Crippen LogP contribution in [-0.2, 0) is 6.42 Å². The third-order valence-corrected chi connectivity index (χ3v) is 3.57. The number of nitrogens with one attached hydrogen (secondary N) is 1. The average molecular weight is 272 g/mol. The standard InChI is InChI=1S/C13H10ClN5/c14-13-16-11-9(7-15-18-11)12(17-13)19-6-5-8-3-1-2-4-10(8)19/h1-4,7H,5-6H2,(H,15,16,17,18). The molecule has 1 aliphatic rings. The molecule has 1 aromatic carbocycles. The number of aromatic nitrogens is 4. The number of hydrogen-bond acceptors (Lipinski definition) is 4. The van der Waals surface area contributed by atoms with Gasteiger partial charge in [-0.15, -0.1) is 0 Å². The van der Waals surface area contributed by atoms with Crippen molar-refractivity contribution < 1.29 is 0 Å². The fourth-order valence-electron chi connectivity index (χ4n) is 2.56. The van der Waals surface area contributed by atoms with Gasteiger partial charge in [-0.25, -0.2) is 0 Å². The smallest absolute Gasteiger partial charge is 0.226 e. The fraction of sp³-hybridized carbons (Fsp3) is 0.154. The Bertz CT molecular complexity index is 767. The highest BCUT2D eigenvalue weighted by atomic mass is 35.5. The summed E-state index contributed by atoms with van der Waals surface area (Å²) in [6, 6.07) is 8.34. The Balaban J connectivity index is 1.94. The lowest BCUT2D eigenvalue weighted by atomic mass is 10.2. The molecule has 0 saturated carbocycles. The molecular formula is C13H10ClN5.